The topological polar surface area (TPSA) is 36.4 Å². The van der Waals surface area contributed by atoms with Crippen LogP contribution in [-0.2, 0) is 0 Å². The molecule has 1 aromatic carbocycles. The van der Waals surface area contributed by atoms with Gasteiger partial charge in [0.25, 0.3) is 0 Å². The maximum atomic E-state index is 9.86. The van der Waals surface area contributed by atoms with Gasteiger partial charge in [0.1, 0.15) is 5.82 Å². The Morgan fingerprint density at radius 1 is 1.20 bits per heavy atom. The van der Waals surface area contributed by atoms with E-state index in [-0.39, 0.29) is 6.04 Å². The Labute approximate surface area is 124 Å². The van der Waals surface area contributed by atoms with E-state index in [9.17, 15) is 5.11 Å². The highest BCUT2D eigenvalue weighted by Crippen LogP contribution is 2.30. The molecule has 0 saturated carbocycles. The molecule has 0 amide bonds. The Balaban J connectivity index is 2.34. The Morgan fingerprint density at radius 2 is 1.95 bits per heavy atom. The van der Waals surface area contributed by atoms with E-state index in [1.165, 1.54) is 0 Å². The molecule has 0 saturated heterocycles. The van der Waals surface area contributed by atoms with Crippen LogP contribution in [0, 0.1) is 0 Å². The van der Waals surface area contributed by atoms with Gasteiger partial charge in [0, 0.05) is 23.8 Å². The molecule has 1 aromatic heterocycles. The molecule has 4 heteroatoms. The zero-order valence-electron chi connectivity index (χ0n) is 11.9. The average molecular weight is 291 g/mol. The van der Waals surface area contributed by atoms with E-state index < -0.39 is 6.10 Å². The van der Waals surface area contributed by atoms with Gasteiger partial charge in [0.15, 0.2) is 0 Å². The largest absolute Gasteiger partial charge is 0.389 e. The molecule has 3 nitrogen and oxygen atoms in total. The van der Waals surface area contributed by atoms with Crippen LogP contribution < -0.4 is 4.90 Å². The lowest BCUT2D eigenvalue weighted by atomic mass is 10.1. The summed E-state index contributed by atoms with van der Waals surface area (Å²) in [6, 6.07) is 11.6. The fourth-order valence-electron chi connectivity index (χ4n) is 2.20. The summed E-state index contributed by atoms with van der Waals surface area (Å²) in [5.41, 5.74) is 1.94. The van der Waals surface area contributed by atoms with Gasteiger partial charge < -0.3 is 10.0 Å². The van der Waals surface area contributed by atoms with E-state index in [1.807, 2.05) is 48.3 Å². The molecule has 0 spiro atoms. The quantitative estimate of drug-likeness (QED) is 0.925. The summed E-state index contributed by atoms with van der Waals surface area (Å²) in [5.74, 6) is 0.787. The van der Waals surface area contributed by atoms with Gasteiger partial charge in [-0.05, 0) is 37.6 Å². The van der Waals surface area contributed by atoms with Crippen LogP contribution in [-0.4, -0.2) is 17.1 Å². The first-order valence-electron chi connectivity index (χ1n) is 6.62. The van der Waals surface area contributed by atoms with Crippen molar-refractivity contribution in [1.82, 2.24) is 4.98 Å². The predicted octanol–water partition coefficient (Wildman–Crippen LogP) is 3.99. The second-order valence-corrected chi connectivity index (χ2v) is 5.37. The lowest BCUT2D eigenvalue weighted by molar-refractivity contribution is 0.199. The Bertz CT molecular complexity index is 586. The van der Waals surface area contributed by atoms with E-state index in [0.29, 0.717) is 0 Å². The van der Waals surface area contributed by atoms with Crippen LogP contribution in [0.5, 0.6) is 0 Å². The average Bonchev–Trinajstić information content (AvgIpc) is 2.45. The van der Waals surface area contributed by atoms with Crippen LogP contribution in [0.15, 0.2) is 42.6 Å². The molecular weight excluding hydrogens is 272 g/mol. The third kappa shape index (κ3) is 3.11. The number of hydrogen-bond acceptors (Lipinski definition) is 3. The van der Waals surface area contributed by atoms with Gasteiger partial charge in [-0.25, -0.2) is 4.98 Å². The summed E-state index contributed by atoms with van der Waals surface area (Å²) in [6.07, 6.45) is 1.19. The number of halogens is 1. The molecule has 2 rings (SSSR count). The van der Waals surface area contributed by atoms with Crippen LogP contribution in [0.1, 0.15) is 37.1 Å². The number of pyridine rings is 1. The van der Waals surface area contributed by atoms with Crippen molar-refractivity contribution in [3.8, 4) is 0 Å². The lowest BCUT2D eigenvalue weighted by Gasteiger charge is -2.28. The Morgan fingerprint density at radius 3 is 2.60 bits per heavy atom. The van der Waals surface area contributed by atoms with Gasteiger partial charge in [0.05, 0.1) is 12.1 Å². The van der Waals surface area contributed by atoms with E-state index in [2.05, 4.69) is 11.9 Å². The third-order valence-corrected chi connectivity index (χ3v) is 3.75. The number of aliphatic hydroxyl groups excluding tert-OH is 1. The van der Waals surface area contributed by atoms with Gasteiger partial charge in [-0.15, -0.1) is 0 Å². The van der Waals surface area contributed by atoms with Crippen LogP contribution in [0.25, 0.3) is 0 Å². The molecule has 0 fully saturated rings. The number of aromatic nitrogens is 1. The van der Waals surface area contributed by atoms with Gasteiger partial charge in [-0.1, -0.05) is 29.8 Å². The first kappa shape index (κ1) is 14.8. The fraction of sp³-hybridized carbons (Fsp3) is 0.312. The second kappa shape index (κ2) is 6.25. The number of nitrogens with zero attached hydrogens (tertiary/aromatic N) is 2. The Hall–Kier alpha value is -1.58. The molecule has 106 valence electrons. The summed E-state index contributed by atoms with van der Waals surface area (Å²) in [4.78, 5) is 6.45. The first-order valence-corrected chi connectivity index (χ1v) is 6.99. The maximum absolute atomic E-state index is 9.86. The molecule has 0 radical (unpaired) electrons. The normalized spacial score (nSPS) is 13.8. The minimum atomic E-state index is -0.548. The molecule has 20 heavy (non-hydrogen) atoms. The number of rotatable bonds is 4. The summed E-state index contributed by atoms with van der Waals surface area (Å²) in [7, 11) is 1.97. The monoisotopic (exact) mass is 290 g/mol. The van der Waals surface area contributed by atoms with Crippen molar-refractivity contribution >= 4 is 17.4 Å². The number of benzene rings is 1. The van der Waals surface area contributed by atoms with E-state index >= 15 is 0 Å². The Kier molecular flexibility index (Phi) is 4.63. The van der Waals surface area contributed by atoms with Gasteiger partial charge in [0.2, 0.25) is 0 Å². The van der Waals surface area contributed by atoms with E-state index in [1.54, 1.807) is 13.1 Å². The highest BCUT2D eigenvalue weighted by Gasteiger charge is 2.18. The van der Waals surface area contributed by atoms with Crippen LogP contribution in [0.4, 0.5) is 5.82 Å². The van der Waals surface area contributed by atoms with Crippen LogP contribution in [0.2, 0.25) is 5.02 Å². The van der Waals surface area contributed by atoms with Crippen molar-refractivity contribution in [1.29, 1.82) is 0 Å². The van der Waals surface area contributed by atoms with Crippen molar-refractivity contribution in [2.75, 3.05) is 11.9 Å². The third-order valence-electron chi connectivity index (χ3n) is 3.51. The number of anilines is 1. The minimum Gasteiger partial charge on any atom is -0.389 e. The summed E-state index contributed by atoms with van der Waals surface area (Å²) in [5, 5.41) is 10.6. The molecule has 0 aliphatic heterocycles. The SMILES string of the molecule is CC(O)c1cccnc1N(C)C(C)c1cccc(Cl)c1. The molecule has 0 aliphatic carbocycles. The zero-order chi connectivity index (χ0) is 14.7. The number of aliphatic hydroxyl groups is 1. The second-order valence-electron chi connectivity index (χ2n) is 4.93. The van der Waals surface area contributed by atoms with Crippen LogP contribution in [0.3, 0.4) is 0 Å². The van der Waals surface area contributed by atoms with Crippen molar-refractivity contribution in [2.45, 2.75) is 26.0 Å². The lowest BCUT2D eigenvalue weighted by Crippen LogP contribution is -2.24. The first-order chi connectivity index (χ1) is 9.50. The van der Waals surface area contributed by atoms with Gasteiger partial charge in [-0.2, -0.15) is 0 Å². The van der Waals surface area contributed by atoms with Gasteiger partial charge >= 0.3 is 0 Å². The highest BCUT2D eigenvalue weighted by atomic mass is 35.5. The summed E-state index contributed by atoms with van der Waals surface area (Å²) >= 11 is 6.05. The summed E-state index contributed by atoms with van der Waals surface area (Å²) < 4.78 is 0. The zero-order valence-corrected chi connectivity index (χ0v) is 12.7. The molecule has 2 atom stereocenters. The van der Waals surface area contributed by atoms with Crippen molar-refractivity contribution in [2.24, 2.45) is 0 Å². The molecule has 0 bridgehead atoms. The summed E-state index contributed by atoms with van der Waals surface area (Å²) in [6.45, 7) is 3.84. The molecule has 0 aliphatic rings. The number of hydrogen-bond donors (Lipinski definition) is 1. The van der Waals surface area contributed by atoms with Crippen LogP contribution >= 0.6 is 11.6 Å². The molecule has 1 N–H and O–H groups in total. The van der Waals surface area contributed by atoms with E-state index in [0.717, 1.165) is 22.0 Å². The predicted molar refractivity (Wildman–Crippen MR) is 83.1 cm³/mol. The standard InChI is InChI=1S/C16H19ClN2O/c1-11(13-6-4-7-14(17)10-13)19(3)16-15(12(2)20)8-5-9-18-16/h4-12,20H,1-3H3. The van der Waals surface area contributed by atoms with Crippen molar-refractivity contribution < 1.29 is 5.11 Å². The van der Waals surface area contributed by atoms with E-state index in [4.69, 9.17) is 11.6 Å². The smallest absolute Gasteiger partial charge is 0.134 e. The van der Waals surface area contributed by atoms with Crippen molar-refractivity contribution in [3.63, 3.8) is 0 Å². The minimum absolute atomic E-state index is 0.112. The molecule has 1 heterocycles. The fourth-order valence-corrected chi connectivity index (χ4v) is 2.40. The maximum Gasteiger partial charge on any atom is 0.134 e. The highest BCUT2D eigenvalue weighted by molar-refractivity contribution is 6.30. The molecule has 2 aromatic rings. The molecular formula is C16H19ClN2O. The van der Waals surface area contributed by atoms with Gasteiger partial charge in [-0.3, -0.25) is 0 Å². The van der Waals surface area contributed by atoms with Crippen molar-refractivity contribution in [3.05, 3.63) is 58.7 Å². The molecule has 2 unspecified atom stereocenters.